The minimum atomic E-state index is -0.0333. The first-order valence-electron chi connectivity index (χ1n) is 7.15. The number of hydrogen-bond acceptors (Lipinski definition) is 3. The zero-order valence-electron chi connectivity index (χ0n) is 12.2. The minimum absolute atomic E-state index is 0.0333. The molecule has 0 aromatic heterocycles. The van der Waals surface area contributed by atoms with Gasteiger partial charge in [-0.05, 0) is 37.5 Å². The summed E-state index contributed by atoms with van der Waals surface area (Å²) in [5, 5.41) is 8.75. The van der Waals surface area contributed by atoms with Crippen LogP contribution in [0.4, 0.5) is 0 Å². The van der Waals surface area contributed by atoms with Crippen LogP contribution in [0.1, 0.15) is 40.7 Å². The zero-order valence-corrected chi connectivity index (χ0v) is 12.2. The van der Waals surface area contributed by atoms with E-state index in [9.17, 15) is 4.79 Å². The molecule has 1 aliphatic rings. The van der Waals surface area contributed by atoms with Crippen LogP contribution in [0.5, 0.6) is 0 Å². The summed E-state index contributed by atoms with van der Waals surface area (Å²) in [6.07, 6.45) is 2.40. The first-order valence-corrected chi connectivity index (χ1v) is 7.15. The second-order valence-corrected chi connectivity index (χ2v) is 5.19. The smallest absolute Gasteiger partial charge is 0.255 e. The molecule has 21 heavy (non-hydrogen) atoms. The highest BCUT2D eigenvalue weighted by Gasteiger charge is 2.33. The zero-order chi connectivity index (χ0) is 15.2. The van der Waals surface area contributed by atoms with Gasteiger partial charge in [0.25, 0.3) is 5.91 Å². The topological polar surface area (TPSA) is 70.1 Å². The fourth-order valence-electron chi connectivity index (χ4n) is 2.26. The molecule has 4 heteroatoms. The minimum Gasteiger partial charge on any atom is -0.335 e. The van der Waals surface area contributed by atoms with Crippen molar-refractivity contribution in [3.05, 3.63) is 34.9 Å². The molecule has 4 nitrogen and oxygen atoms in total. The van der Waals surface area contributed by atoms with Crippen LogP contribution in [-0.4, -0.2) is 29.9 Å². The third-order valence-electron chi connectivity index (χ3n) is 3.44. The lowest BCUT2D eigenvalue weighted by atomic mass is 10.0. The molecule has 1 aromatic rings. The molecule has 2 N–H and O–H groups in total. The second-order valence-electron chi connectivity index (χ2n) is 5.19. The van der Waals surface area contributed by atoms with Crippen molar-refractivity contribution in [2.75, 3.05) is 13.1 Å². The molecule has 0 spiro atoms. The molecule has 0 bridgehead atoms. The number of aryl methyl sites for hydroxylation is 1. The van der Waals surface area contributed by atoms with Gasteiger partial charge in [-0.1, -0.05) is 17.9 Å². The van der Waals surface area contributed by atoms with Crippen molar-refractivity contribution in [2.24, 2.45) is 5.73 Å². The van der Waals surface area contributed by atoms with Crippen molar-refractivity contribution in [2.45, 2.75) is 32.2 Å². The number of nitriles is 1. The van der Waals surface area contributed by atoms with E-state index in [0.29, 0.717) is 24.1 Å². The van der Waals surface area contributed by atoms with Crippen LogP contribution in [0, 0.1) is 30.1 Å². The van der Waals surface area contributed by atoms with Crippen LogP contribution in [0.25, 0.3) is 0 Å². The highest BCUT2D eigenvalue weighted by Crippen LogP contribution is 2.29. The first-order chi connectivity index (χ1) is 10.2. The van der Waals surface area contributed by atoms with Crippen molar-refractivity contribution in [1.29, 1.82) is 5.26 Å². The summed E-state index contributed by atoms with van der Waals surface area (Å²) in [5.41, 5.74) is 7.80. The fraction of sp³-hybridized carbons (Fsp3) is 0.412. The highest BCUT2D eigenvalue weighted by molar-refractivity contribution is 5.97. The maximum Gasteiger partial charge on any atom is 0.255 e. The summed E-state index contributed by atoms with van der Waals surface area (Å²) in [5.74, 6) is 5.75. The summed E-state index contributed by atoms with van der Waals surface area (Å²) in [7, 11) is 0. The van der Waals surface area contributed by atoms with Gasteiger partial charge in [-0.15, -0.1) is 0 Å². The van der Waals surface area contributed by atoms with Gasteiger partial charge < -0.3 is 10.6 Å². The van der Waals surface area contributed by atoms with Crippen LogP contribution in [0.2, 0.25) is 0 Å². The molecule has 0 atom stereocenters. The Morgan fingerprint density at radius 1 is 1.48 bits per heavy atom. The molecule has 108 valence electrons. The number of benzene rings is 1. The van der Waals surface area contributed by atoms with Crippen molar-refractivity contribution in [3.63, 3.8) is 0 Å². The normalized spacial score (nSPS) is 13.0. The summed E-state index contributed by atoms with van der Waals surface area (Å²) in [6.45, 7) is 2.72. The molecular weight excluding hydrogens is 262 g/mol. The number of nitrogens with zero attached hydrogens (tertiary/aromatic N) is 2. The van der Waals surface area contributed by atoms with Crippen LogP contribution in [0.15, 0.2) is 18.2 Å². The van der Waals surface area contributed by atoms with Crippen LogP contribution < -0.4 is 5.73 Å². The Morgan fingerprint density at radius 2 is 2.24 bits per heavy atom. The monoisotopic (exact) mass is 281 g/mol. The van der Waals surface area contributed by atoms with Gasteiger partial charge in [0, 0.05) is 18.2 Å². The number of hydrogen-bond donors (Lipinski definition) is 1. The molecule has 0 unspecified atom stereocenters. The maximum atomic E-state index is 12.7. The highest BCUT2D eigenvalue weighted by atomic mass is 16.2. The Labute approximate surface area is 125 Å². The summed E-state index contributed by atoms with van der Waals surface area (Å²) in [4.78, 5) is 14.6. The average molecular weight is 281 g/mol. The SMILES string of the molecule is Cc1ccc(C(=O)N(CCC#N)C2CC2)c(C#CCN)c1. The molecule has 1 aromatic carbocycles. The lowest BCUT2D eigenvalue weighted by Crippen LogP contribution is -2.34. The number of carbonyl (C=O) groups excluding carboxylic acids is 1. The molecule has 0 heterocycles. The largest absolute Gasteiger partial charge is 0.335 e. The van der Waals surface area contributed by atoms with E-state index in [-0.39, 0.29) is 18.5 Å². The van der Waals surface area contributed by atoms with E-state index in [2.05, 4.69) is 17.9 Å². The maximum absolute atomic E-state index is 12.7. The van der Waals surface area contributed by atoms with Crippen molar-refractivity contribution in [1.82, 2.24) is 4.90 Å². The number of carbonyl (C=O) groups is 1. The Bertz CT molecular complexity index is 630. The molecule has 1 aliphatic carbocycles. The van der Waals surface area contributed by atoms with Crippen molar-refractivity contribution in [3.8, 4) is 17.9 Å². The predicted molar refractivity (Wildman–Crippen MR) is 81.4 cm³/mol. The molecule has 1 amide bonds. The van der Waals surface area contributed by atoms with Gasteiger partial charge in [0.2, 0.25) is 0 Å². The molecule has 0 aliphatic heterocycles. The van der Waals surface area contributed by atoms with Gasteiger partial charge in [-0.2, -0.15) is 5.26 Å². The number of rotatable bonds is 4. The van der Waals surface area contributed by atoms with Gasteiger partial charge in [0.05, 0.1) is 24.6 Å². The Balaban J connectivity index is 2.30. The van der Waals surface area contributed by atoms with Crippen LogP contribution >= 0.6 is 0 Å². The third kappa shape index (κ3) is 3.84. The summed E-state index contributed by atoms with van der Waals surface area (Å²) < 4.78 is 0. The lowest BCUT2D eigenvalue weighted by molar-refractivity contribution is 0.0746. The van der Waals surface area contributed by atoms with Gasteiger partial charge in [0.1, 0.15) is 0 Å². The molecule has 1 fully saturated rings. The van der Waals surface area contributed by atoms with Gasteiger partial charge >= 0.3 is 0 Å². The Hall–Kier alpha value is -2.30. The van der Waals surface area contributed by atoms with E-state index in [1.165, 1.54) is 0 Å². The molecule has 1 saturated carbocycles. The van der Waals surface area contributed by atoms with Crippen molar-refractivity contribution < 1.29 is 4.79 Å². The lowest BCUT2D eigenvalue weighted by Gasteiger charge is -2.22. The second kappa shape index (κ2) is 6.92. The summed E-state index contributed by atoms with van der Waals surface area (Å²) in [6, 6.07) is 8.03. The summed E-state index contributed by atoms with van der Waals surface area (Å²) >= 11 is 0. The van der Waals surface area contributed by atoms with E-state index in [0.717, 1.165) is 18.4 Å². The number of nitrogens with two attached hydrogens (primary N) is 1. The Kier molecular flexibility index (Phi) is 4.98. The average Bonchev–Trinajstić information content (AvgIpc) is 3.30. The number of amides is 1. The predicted octanol–water partition coefficient (Wildman–Crippen LogP) is 1.82. The van der Waals surface area contributed by atoms with Gasteiger partial charge in [-0.25, -0.2) is 0 Å². The van der Waals surface area contributed by atoms with Crippen molar-refractivity contribution >= 4 is 5.91 Å². The van der Waals surface area contributed by atoms with Crippen LogP contribution in [-0.2, 0) is 0 Å². The quantitative estimate of drug-likeness (QED) is 0.856. The third-order valence-corrected chi connectivity index (χ3v) is 3.44. The van der Waals surface area contributed by atoms with Crippen LogP contribution in [0.3, 0.4) is 0 Å². The standard InChI is InChI=1S/C17H19N3O/c1-13-5-8-16(14(12-13)4-2-9-18)17(21)20(11-3-10-19)15-6-7-15/h5,8,12,15H,3,6-7,9,11,18H2,1H3. The molecular formula is C17H19N3O. The molecule has 2 rings (SSSR count). The fourth-order valence-corrected chi connectivity index (χ4v) is 2.26. The van der Waals surface area contributed by atoms with Gasteiger partial charge in [0.15, 0.2) is 0 Å². The molecule has 0 saturated heterocycles. The first kappa shape index (κ1) is 15.1. The van der Waals surface area contributed by atoms with E-state index >= 15 is 0 Å². The molecule has 0 radical (unpaired) electrons. The van der Waals surface area contributed by atoms with Gasteiger partial charge in [-0.3, -0.25) is 4.79 Å². The Morgan fingerprint density at radius 3 is 2.86 bits per heavy atom. The van der Waals surface area contributed by atoms with E-state index in [4.69, 9.17) is 11.0 Å². The van der Waals surface area contributed by atoms with E-state index in [1.807, 2.05) is 30.0 Å². The van der Waals surface area contributed by atoms with E-state index < -0.39 is 0 Å². The van der Waals surface area contributed by atoms with E-state index in [1.54, 1.807) is 0 Å².